The minimum absolute atomic E-state index is 0.137. The van der Waals surface area contributed by atoms with Crippen molar-refractivity contribution in [1.82, 2.24) is 9.97 Å². The van der Waals surface area contributed by atoms with Crippen LogP contribution in [0.25, 0.3) is 22.2 Å². The van der Waals surface area contributed by atoms with Crippen LogP contribution in [0.2, 0.25) is 5.02 Å². The van der Waals surface area contributed by atoms with Gasteiger partial charge in [-0.3, -0.25) is 14.6 Å². The molecule has 3 aromatic rings. The number of nitrogens with one attached hydrogen (secondary N) is 1. The fraction of sp³-hybridized carbons (Fsp3) is 0.375. The Morgan fingerprint density at radius 3 is 2.48 bits per heavy atom. The Hall–Kier alpha value is -2.60. The van der Waals surface area contributed by atoms with Gasteiger partial charge in [-0.2, -0.15) is 0 Å². The Balaban J connectivity index is 1.80. The van der Waals surface area contributed by atoms with Crippen LogP contribution in [-0.2, 0) is 5.41 Å². The molecule has 0 saturated heterocycles. The smallest absolute Gasteiger partial charge is 0.248 e. The first-order chi connectivity index (χ1) is 14.5. The van der Waals surface area contributed by atoms with Crippen LogP contribution in [0.5, 0.6) is 0 Å². The molecule has 31 heavy (non-hydrogen) atoms. The van der Waals surface area contributed by atoms with Crippen molar-refractivity contribution in [1.29, 1.82) is 0 Å². The number of rotatable bonds is 3. The molecular weight excluding hydrogens is 422 g/mol. The van der Waals surface area contributed by atoms with Crippen molar-refractivity contribution in [3.8, 4) is 11.3 Å². The molecule has 2 aromatic heterocycles. The highest BCUT2D eigenvalue weighted by molar-refractivity contribution is 6.31. The molecule has 0 atom stereocenters. The third kappa shape index (κ3) is 3.89. The highest BCUT2D eigenvalue weighted by Gasteiger charge is 2.42. The average molecular weight is 445 g/mol. The van der Waals surface area contributed by atoms with Gasteiger partial charge in [-0.25, -0.2) is 8.78 Å². The number of carbonyl (C=O) groups excluding carboxylic acids is 1. The number of alkyl halides is 2. The van der Waals surface area contributed by atoms with E-state index >= 15 is 0 Å². The lowest BCUT2D eigenvalue weighted by Crippen LogP contribution is -2.34. The summed E-state index contributed by atoms with van der Waals surface area (Å²) in [5, 5.41) is 0.753. The maximum atomic E-state index is 13.7. The van der Waals surface area contributed by atoms with E-state index in [1.807, 2.05) is 19.9 Å². The predicted octanol–water partition coefficient (Wildman–Crippen LogP) is 6.22. The predicted molar refractivity (Wildman–Crippen MR) is 118 cm³/mol. The normalized spacial score (nSPS) is 17.6. The molecule has 0 spiro atoms. The molecule has 0 radical (unpaired) electrons. The second-order valence-corrected chi connectivity index (χ2v) is 9.16. The highest BCUT2D eigenvalue weighted by Crippen LogP contribution is 2.47. The highest BCUT2D eigenvalue weighted by atomic mass is 35.5. The average Bonchev–Trinajstić information content (AvgIpc) is 2.71. The van der Waals surface area contributed by atoms with Gasteiger partial charge >= 0.3 is 0 Å². The van der Waals surface area contributed by atoms with E-state index in [0.717, 1.165) is 16.7 Å². The summed E-state index contributed by atoms with van der Waals surface area (Å²) in [5.41, 5.74) is 3.00. The summed E-state index contributed by atoms with van der Waals surface area (Å²) >= 11 is 6.64. The maximum absolute atomic E-state index is 13.7. The second-order valence-electron chi connectivity index (χ2n) is 8.75. The largest absolute Gasteiger partial charge is 0.354 e. The van der Waals surface area contributed by atoms with E-state index in [4.69, 9.17) is 11.6 Å². The van der Waals surface area contributed by atoms with Gasteiger partial charge in [0.1, 0.15) is 5.69 Å². The lowest BCUT2D eigenvalue weighted by atomic mass is 9.69. The van der Waals surface area contributed by atoms with Gasteiger partial charge in [-0.15, -0.1) is 0 Å². The van der Waals surface area contributed by atoms with Gasteiger partial charge in [-0.1, -0.05) is 24.6 Å². The number of benzene rings is 1. The van der Waals surface area contributed by atoms with Crippen molar-refractivity contribution in [3.63, 3.8) is 0 Å². The van der Waals surface area contributed by atoms with Gasteiger partial charge in [0.2, 0.25) is 5.92 Å². The number of Topliss-reactive ketones (excluding diaryl/α,β-unsaturated/α-hetero) is 1. The van der Waals surface area contributed by atoms with Crippen molar-refractivity contribution in [2.75, 3.05) is 0 Å². The van der Waals surface area contributed by atoms with Crippen LogP contribution in [0, 0.1) is 6.92 Å². The SMILES string of the molecule is CC(=O)c1nccc2[nH]c(-c3cc(Cl)c(C4(C)CCC(F)(F)CC4)cc3C)cc(=O)c12. The van der Waals surface area contributed by atoms with Gasteiger partial charge in [0.25, 0.3) is 0 Å². The summed E-state index contributed by atoms with van der Waals surface area (Å²) in [5.74, 6) is -2.89. The van der Waals surface area contributed by atoms with Crippen LogP contribution < -0.4 is 5.43 Å². The molecule has 0 aliphatic heterocycles. The Labute approximate surface area is 183 Å². The van der Waals surface area contributed by atoms with E-state index in [1.165, 1.54) is 19.2 Å². The first kappa shape index (κ1) is 21.6. The Morgan fingerprint density at radius 2 is 1.84 bits per heavy atom. The second kappa shape index (κ2) is 7.52. The minimum Gasteiger partial charge on any atom is -0.354 e. The summed E-state index contributed by atoms with van der Waals surface area (Å²) in [6, 6.07) is 6.82. The van der Waals surface area contributed by atoms with Crippen molar-refractivity contribution in [3.05, 3.63) is 62.5 Å². The van der Waals surface area contributed by atoms with Gasteiger partial charge in [0.05, 0.1) is 16.6 Å². The van der Waals surface area contributed by atoms with E-state index in [2.05, 4.69) is 9.97 Å². The number of pyridine rings is 2. The molecule has 0 bridgehead atoms. The van der Waals surface area contributed by atoms with Gasteiger partial charge in [0, 0.05) is 42.6 Å². The Bertz CT molecular complexity index is 1260. The summed E-state index contributed by atoms with van der Waals surface area (Å²) in [4.78, 5) is 31.9. The topological polar surface area (TPSA) is 62.8 Å². The lowest BCUT2D eigenvalue weighted by molar-refractivity contribution is -0.0497. The van der Waals surface area contributed by atoms with Crippen LogP contribution in [0.4, 0.5) is 8.78 Å². The number of hydrogen-bond acceptors (Lipinski definition) is 3. The molecule has 1 aliphatic rings. The minimum atomic E-state index is -2.61. The number of aromatic nitrogens is 2. The number of carbonyl (C=O) groups is 1. The van der Waals surface area contributed by atoms with Crippen molar-refractivity contribution in [2.45, 2.75) is 57.8 Å². The van der Waals surface area contributed by atoms with Gasteiger partial charge < -0.3 is 4.98 Å². The standard InChI is InChI=1S/C24H23ClF2N2O2/c1-13-10-16(23(3)5-7-24(26,27)8-6-23)17(25)11-15(13)19-12-20(31)21-18(29-19)4-9-28-22(21)14(2)30/h4,9-12H,5-8H2,1-3H3,(H,29,31). The van der Waals surface area contributed by atoms with Crippen LogP contribution >= 0.6 is 11.6 Å². The zero-order valence-electron chi connectivity index (χ0n) is 17.6. The summed E-state index contributed by atoms with van der Waals surface area (Å²) in [6.07, 6.45) is 1.93. The van der Waals surface area contributed by atoms with Gasteiger partial charge in [-0.05, 0) is 48.4 Å². The number of aryl methyl sites for hydroxylation is 1. The molecule has 4 nitrogen and oxygen atoms in total. The Morgan fingerprint density at radius 1 is 1.16 bits per heavy atom. The monoisotopic (exact) mass is 444 g/mol. The number of H-pyrrole nitrogens is 1. The quantitative estimate of drug-likeness (QED) is 0.487. The molecule has 0 unspecified atom stereocenters. The van der Waals surface area contributed by atoms with Crippen LogP contribution in [0.3, 0.4) is 0 Å². The molecule has 1 aromatic carbocycles. The molecule has 0 amide bonds. The molecule has 1 aliphatic carbocycles. The summed E-state index contributed by atoms with van der Waals surface area (Å²) < 4.78 is 27.4. The molecule has 1 fully saturated rings. The fourth-order valence-electron chi connectivity index (χ4n) is 4.48. The van der Waals surface area contributed by atoms with Crippen molar-refractivity contribution in [2.24, 2.45) is 0 Å². The van der Waals surface area contributed by atoms with E-state index < -0.39 is 11.3 Å². The maximum Gasteiger partial charge on any atom is 0.248 e. The number of halogens is 3. The number of aromatic amines is 1. The molecule has 1 saturated carbocycles. The molecule has 162 valence electrons. The first-order valence-corrected chi connectivity index (χ1v) is 10.6. The molecule has 7 heteroatoms. The molecule has 2 heterocycles. The molecule has 4 rings (SSSR count). The van der Waals surface area contributed by atoms with E-state index in [0.29, 0.717) is 29.1 Å². The van der Waals surface area contributed by atoms with Crippen LogP contribution in [-0.4, -0.2) is 21.7 Å². The van der Waals surface area contributed by atoms with E-state index in [-0.39, 0.29) is 35.1 Å². The zero-order chi connectivity index (χ0) is 22.6. The number of hydrogen-bond donors (Lipinski definition) is 1. The lowest BCUT2D eigenvalue weighted by Gasteiger charge is -2.38. The number of ketones is 1. The van der Waals surface area contributed by atoms with Crippen molar-refractivity contribution >= 4 is 28.3 Å². The van der Waals surface area contributed by atoms with Crippen LogP contribution in [0.1, 0.15) is 61.1 Å². The molecular formula is C24H23ClF2N2O2. The first-order valence-electron chi connectivity index (χ1n) is 10.2. The van der Waals surface area contributed by atoms with E-state index in [1.54, 1.807) is 12.1 Å². The summed E-state index contributed by atoms with van der Waals surface area (Å²) in [7, 11) is 0. The zero-order valence-corrected chi connectivity index (χ0v) is 18.4. The van der Waals surface area contributed by atoms with Gasteiger partial charge in [0.15, 0.2) is 11.2 Å². The number of nitrogens with zero attached hydrogens (tertiary/aromatic N) is 1. The Kier molecular flexibility index (Phi) is 5.24. The number of fused-ring (bicyclic) bond motifs is 1. The van der Waals surface area contributed by atoms with Crippen LogP contribution in [0.15, 0.2) is 35.3 Å². The summed E-state index contributed by atoms with van der Waals surface area (Å²) in [6.45, 7) is 5.27. The van der Waals surface area contributed by atoms with E-state index in [9.17, 15) is 18.4 Å². The third-order valence-electron chi connectivity index (χ3n) is 6.42. The third-order valence-corrected chi connectivity index (χ3v) is 6.73. The molecule has 1 N–H and O–H groups in total. The fourth-order valence-corrected chi connectivity index (χ4v) is 4.87. The van der Waals surface area contributed by atoms with Crippen molar-refractivity contribution < 1.29 is 13.6 Å².